The van der Waals surface area contributed by atoms with Gasteiger partial charge in [-0.05, 0) is 28.7 Å². The summed E-state index contributed by atoms with van der Waals surface area (Å²) in [7, 11) is 1.15. The Morgan fingerprint density at radius 3 is 2.64 bits per heavy atom. The Bertz CT molecular complexity index is 395. The molecule has 14 heavy (non-hydrogen) atoms. The Morgan fingerprint density at radius 2 is 2.14 bits per heavy atom. The number of rotatable bonds is 1. The van der Waals surface area contributed by atoms with Crippen LogP contribution in [-0.4, -0.2) is 13.1 Å². The number of benzene rings is 1. The molecule has 0 fully saturated rings. The van der Waals surface area contributed by atoms with E-state index in [1.165, 1.54) is 6.07 Å². The highest BCUT2D eigenvalue weighted by molar-refractivity contribution is 14.1. The van der Waals surface area contributed by atoms with Gasteiger partial charge in [0.1, 0.15) is 0 Å². The Morgan fingerprint density at radius 1 is 1.57 bits per heavy atom. The molecule has 0 aliphatic carbocycles. The zero-order valence-corrected chi connectivity index (χ0v) is 10.6. The van der Waals surface area contributed by atoms with E-state index in [9.17, 15) is 9.18 Å². The summed E-state index contributed by atoms with van der Waals surface area (Å²) in [5, 5.41) is 0.0518. The minimum Gasteiger partial charge on any atom is -0.465 e. The van der Waals surface area contributed by atoms with Crippen LogP contribution in [0.1, 0.15) is 10.4 Å². The first-order valence-electron chi connectivity index (χ1n) is 3.40. The molecule has 0 unspecified atom stereocenters. The number of methoxy groups -OCH3 is 1. The summed E-state index contributed by atoms with van der Waals surface area (Å²) in [6.45, 7) is 0. The van der Waals surface area contributed by atoms with Gasteiger partial charge in [-0.1, -0.05) is 23.2 Å². The Labute approximate surface area is 103 Å². The molecule has 1 aromatic rings. The van der Waals surface area contributed by atoms with Gasteiger partial charge in [-0.15, -0.1) is 0 Å². The second-order valence-corrected chi connectivity index (χ2v) is 4.20. The molecule has 0 aliphatic rings. The number of hydrogen-bond acceptors (Lipinski definition) is 2. The third kappa shape index (κ3) is 2.12. The van der Waals surface area contributed by atoms with Gasteiger partial charge in [0.15, 0.2) is 5.82 Å². The lowest BCUT2D eigenvalue weighted by atomic mass is 10.2. The number of esters is 1. The molecule has 0 bridgehead atoms. The summed E-state index contributed by atoms with van der Waals surface area (Å²) in [4.78, 5) is 11.1. The highest BCUT2D eigenvalue weighted by Gasteiger charge is 2.19. The Hall–Kier alpha value is -0.0700. The number of ether oxygens (including phenoxy) is 1. The van der Waals surface area contributed by atoms with E-state index in [4.69, 9.17) is 23.2 Å². The second-order valence-electron chi connectivity index (χ2n) is 2.34. The van der Waals surface area contributed by atoms with Gasteiger partial charge in [0, 0.05) is 0 Å². The molecule has 6 heteroatoms. The topological polar surface area (TPSA) is 26.3 Å². The zero-order chi connectivity index (χ0) is 10.9. The minimum absolute atomic E-state index is 0.168. The summed E-state index contributed by atoms with van der Waals surface area (Å²) < 4.78 is 18.1. The van der Waals surface area contributed by atoms with Crippen LogP contribution in [0, 0.1) is 9.39 Å². The average molecular weight is 349 g/mol. The quantitative estimate of drug-likeness (QED) is 0.336. The molecule has 0 amide bonds. The smallest absolute Gasteiger partial charge is 0.340 e. The van der Waals surface area contributed by atoms with Gasteiger partial charge >= 0.3 is 5.97 Å². The van der Waals surface area contributed by atoms with Crippen molar-refractivity contribution in [3.05, 3.63) is 31.1 Å². The van der Waals surface area contributed by atoms with Gasteiger partial charge in [0.25, 0.3) is 0 Å². The molecule has 0 heterocycles. The molecule has 1 aromatic carbocycles. The molecule has 1 rings (SSSR count). The van der Waals surface area contributed by atoms with Crippen LogP contribution in [-0.2, 0) is 4.74 Å². The van der Waals surface area contributed by atoms with E-state index >= 15 is 0 Å². The number of carbonyl (C=O) groups excluding carboxylic acids is 1. The standard InChI is InChI=1S/C8H4Cl2FIO2/c1-14-8(13)3-2-4(9)7(12)5(10)6(3)11/h2H,1H3. The molecular weight excluding hydrogens is 345 g/mol. The van der Waals surface area contributed by atoms with Gasteiger partial charge in [0.2, 0.25) is 0 Å². The van der Waals surface area contributed by atoms with Gasteiger partial charge in [0.05, 0.1) is 26.3 Å². The first-order valence-corrected chi connectivity index (χ1v) is 5.23. The van der Waals surface area contributed by atoms with Crippen molar-refractivity contribution in [2.24, 2.45) is 0 Å². The number of halogens is 4. The molecule has 0 spiro atoms. The van der Waals surface area contributed by atoms with E-state index in [2.05, 4.69) is 4.74 Å². The van der Waals surface area contributed by atoms with Crippen LogP contribution in [0.25, 0.3) is 0 Å². The molecule has 0 saturated carbocycles. The van der Waals surface area contributed by atoms with Crippen LogP contribution in [0.4, 0.5) is 4.39 Å². The van der Waals surface area contributed by atoms with Crippen molar-refractivity contribution >= 4 is 51.8 Å². The largest absolute Gasteiger partial charge is 0.465 e. The molecule has 76 valence electrons. The summed E-state index contributed by atoms with van der Waals surface area (Å²) >= 11 is 13.1. The summed E-state index contributed by atoms with van der Waals surface area (Å²) in [6.07, 6.45) is 0. The lowest BCUT2D eigenvalue weighted by Gasteiger charge is -2.05. The fourth-order valence-electron chi connectivity index (χ4n) is 0.831. The minimum atomic E-state index is -0.813. The third-order valence-corrected chi connectivity index (χ3v) is 3.92. The van der Waals surface area contributed by atoms with Crippen molar-refractivity contribution in [3.8, 4) is 0 Å². The first-order chi connectivity index (χ1) is 6.49. The monoisotopic (exact) mass is 348 g/mol. The lowest BCUT2D eigenvalue weighted by molar-refractivity contribution is 0.0595. The van der Waals surface area contributed by atoms with Crippen molar-refractivity contribution in [2.75, 3.05) is 7.11 Å². The summed E-state index contributed by atoms with van der Waals surface area (Å²) in [6, 6.07) is 1.19. The maximum absolute atomic E-state index is 13.4. The van der Waals surface area contributed by atoms with E-state index < -0.39 is 11.8 Å². The van der Waals surface area contributed by atoms with Gasteiger partial charge < -0.3 is 4.74 Å². The summed E-state index contributed by atoms with van der Waals surface area (Å²) in [5.41, 5.74) is -0.261. The molecular formula is C8H4Cl2FIO2. The molecule has 0 aromatic heterocycles. The van der Waals surface area contributed by atoms with E-state index in [0.717, 1.165) is 7.11 Å². The fraction of sp³-hybridized carbons (Fsp3) is 0.125. The first kappa shape index (κ1) is 12.0. The predicted molar refractivity (Wildman–Crippen MR) is 60.5 cm³/mol. The second kappa shape index (κ2) is 4.63. The van der Waals surface area contributed by atoms with Gasteiger partial charge in [-0.2, -0.15) is 0 Å². The molecule has 0 radical (unpaired) electrons. The van der Waals surface area contributed by atoms with Crippen LogP contribution < -0.4 is 0 Å². The fourth-order valence-corrected chi connectivity index (χ4v) is 1.68. The van der Waals surface area contributed by atoms with Crippen molar-refractivity contribution in [3.63, 3.8) is 0 Å². The van der Waals surface area contributed by atoms with Gasteiger partial charge in [-0.25, -0.2) is 9.18 Å². The van der Waals surface area contributed by atoms with E-state index in [1.54, 1.807) is 22.6 Å². The lowest BCUT2D eigenvalue weighted by Crippen LogP contribution is -2.05. The van der Waals surface area contributed by atoms with Crippen LogP contribution in [0.2, 0.25) is 10.0 Å². The normalized spacial score (nSPS) is 10.1. The van der Waals surface area contributed by atoms with Crippen LogP contribution in [0.15, 0.2) is 6.07 Å². The Kier molecular flexibility index (Phi) is 3.97. The average Bonchev–Trinajstić information content (AvgIpc) is 2.19. The number of carbonyl (C=O) groups is 1. The highest BCUT2D eigenvalue weighted by atomic mass is 127. The highest BCUT2D eigenvalue weighted by Crippen LogP contribution is 2.31. The maximum Gasteiger partial charge on any atom is 0.340 e. The molecule has 2 nitrogen and oxygen atoms in total. The van der Waals surface area contributed by atoms with Crippen molar-refractivity contribution in [1.29, 1.82) is 0 Å². The van der Waals surface area contributed by atoms with Crippen LogP contribution >= 0.6 is 45.8 Å². The van der Waals surface area contributed by atoms with Crippen molar-refractivity contribution in [2.45, 2.75) is 0 Å². The number of hydrogen-bond donors (Lipinski definition) is 0. The van der Waals surface area contributed by atoms with E-state index in [-0.39, 0.29) is 15.6 Å². The molecule has 0 saturated heterocycles. The SMILES string of the molecule is COC(=O)c1cc(Cl)c(I)c(Cl)c1F. The van der Waals surface area contributed by atoms with Crippen molar-refractivity contribution < 1.29 is 13.9 Å². The summed E-state index contributed by atoms with van der Waals surface area (Å²) in [5.74, 6) is -1.62. The molecule has 0 aliphatic heterocycles. The predicted octanol–water partition coefficient (Wildman–Crippen LogP) is 3.52. The maximum atomic E-state index is 13.4. The Balaban J connectivity index is 3.40. The zero-order valence-electron chi connectivity index (χ0n) is 6.91. The van der Waals surface area contributed by atoms with Gasteiger partial charge in [-0.3, -0.25) is 0 Å². The molecule has 0 atom stereocenters. The van der Waals surface area contributed by atoms with Crippen LogP contribution in [0.5, 0.6) is 0 Å². The van der Waals surface area contributed by atoms with E-state index in [1.807, 2.05) is 0 Å². The third-order valence-electron chi connectivity index (χ3n) is 1.51. The van der Waals surface area contributed by atoms with E-state index in [0.29, 0.717) is 3.57 Å². The van der Waals surface area contributed by atoms with Crippen LogP contribution in [0.3, 0.4) is 0 Å². The van der Waals surface area contributed by atoms with Crippen molar-refractivity contribution in [1.82, 2.24) is 0 Å². The molecule has 0 N–H and O–H groups in total.